The van der Waals surface area contributed by atoms with Gasteiger partial charge < -0.3 is 11.1 Å². The minimum Gasteiger partial charge on any atom is -0.394 e. The second-order valence-corrected chi connectivity index (χ2v) is 5.19. The Morgan fingerprint density at radius 1 is 1.32 bits per heavy atom. The van der Waals surface area contributed by atoms with E-state index in [1.807, 2.05) is 31.9 Å². The fraction of sp³-hybridized carbons (Fsp3) is 0.538. The SMILES string of the molecule is Cc1nn(C)cc1CNc1c(N)c(C(C)C)nn1C. The zero-order chi connectivity index (χ0) is 14.2. The number of nitrogens with zero attached hydrogens (tertiary/aromatic N) is 4. The summed E-state index contributed by atoms with van der Waals surface area (Å²) in [7, 11) is 3.83. The Morgan fingerprint density at radius 3 is 2.47 bits per heavy atom. The van der Waals surface area contributed by atoms with Crippen molar-refractivity contribution in [1.29, 1.82) is 0 Å². The molecule has 0 bridgehead atoms. The number of hydrogen-bond donors (Lipinski definition) is 2. The fourth-order valence-corrected chi connectivity index (χ4v) is 2.20. The highest BCUT2D eigenvalue weighted by Gasteiger charge is 2.16. The number of rotatable bonds is 4. The molecule has 2 rings (SSSR count). The van der Waals surface area contributed by atoms with E-state index in [9.17, 15) is 0 Å². The van der Waals surface area contributed by atoms with Gasteiger partial charge >= 0.3 is 0 Å². The standard InChI is InChI=1S/C13H22N6/c1-8(2)12-11(14)13(19(5)17-12)15-6-10-7-18(4)16-9(10)3/h7-8,15H,6,14H2,1-5H3. The Hall–Kier alpha value is -1.98. The lowest BCUT2D eigenvalue weighted by Gasteiger charge is -2.07. The zero-order valence-electron chi connectivity index (χ0n) is 12.2. The Bertz CT molecular complexity index is 578. The lowest BCUT2D eigenvalue weighted by Crippen LogP contribution is -2.06. The van der Waals surface area contributed by atoms with Crippen molar-refractivity contribution in [3.63, 3.8) is 0 Å². The van der Waals surface area contributed by atoms with Gasteiger partial charge in [0, 0.05) is 32.4 Å². The number of nitrogen functional groups attached to an aromatic ring is 1. The minimum absolute atomic E-state index is 0.321. The maximum absolute atomic E-state index is 6.15. The molecular formula is C13H22N6. The Kier molecular flexibility index (Phi) is 3.50. The Labute approximate surface area is 113 Å². The first-order valence-corrected chi connectivity index (χ1v) is 6.45. The van der Waals surface area contributed by atoms with Crippen LogP contribution in [0.2, 0.25) is 0 Å². The van der Waals surface area contributed by atoms with Gasteiger partial charge in [-0.2, -0.15) is 10.2 Å². The summed E-state index contributed by atoms with van der Waals surface area (Å²) in [5.74, 6) is 1.19. The minimum atomic E-state index is 0.321. The van der Waals surface area contributed by atoms with E-state index >= 15 is 0 Å². The third kappa shape index (κ3) is 2.57. The van der Waals surface area contributed by atoms with E-state index in [2.05, 4.69) is 29.4 Å². The third-order valence-electron chi connectivity index (χ3n) is 3.22. The maximum Gasteiger partial charge on any atom is 0.148 e. The van der Waals surface area contributed by atoms with E-state index in [4.69, 9.17) is 5.73 Å². The molecule has 0 radical (unpaired) electrons. The molecule has 0 amide bonds. The van der Waals surface area contributed by atoms with Crippen LogP contribution >= 0.6 is 0 Å². The van der Waals surface area contributed by atoms with Crippen LogP contribution in [-0.4, -0.2) is 19.6 Å². The smallest absolute Gasteiger partial charge is 0.148 e. The largest absolute Gasteiger partial charge is 0.394 e. The molecule has 2 aromatic heterocycles. The molecule has 2 heterocycles. The van der Waals surface area contributed by atoms with Crippen LogP contribution in [0.5, 0.6) is 0 Å². The lowest BCUT2D eigenvalue weighted by atomic mass is 10.1. The average molecular weight is 262 g/mol. The quantitative estimate of drug-likeness (QED) is 0.881. The van der Waals surface area contributed by atoms with Crippen LogP contribution in [0.15, 0.2) is 6.20 Å². The summed E-state index contributed by atoms with van der Waals surface area (Å²) < 4.78 is 3.62. The lowest BCUT2D eigenvalue weighted by molar-refractivity contribution is 0.715. The molecule has 6 heteroatoms. The molecule has 0 saturated heterocycles. The second-order valence-electron chi connectivity index (χ2n) is 5.19. The van der Waals surface area contributed by atoms with E-state index in [-0.39, 0.29) is 0 Å². The Balaban J connectivity index is 2.18. The number of anilines is 2. The van der Waals surface area contributed by atoms with Gasteiger partial charge in [-0.05, 0) is 12.8 Å². The number of nitrogens with one attached hydrogen (secondary N) is 1. The van der Waals surface area contributed by atoms with Gasteiger partial charge in [0.25, 0.3) is 0 Å². The zero-order valence-corrected chi connectivity index (χ0v) is 12.2. The van der Waals surface area contributed by atoms with E-state index in [1.165, 1.54) is 0 Å². The van der Waals surface area contributed by atoms with Gasteiger partial charge in [0.2, 0.25) is 0 Å². The molecule has 0 aromatic carbocycles. The molecule has 6 nitrogen and oxygen atoms in total. The molecule has 0 aliphatic heterocycles. The van der Waals surface area contributed by atoms with Crippen LogP contribution < -0.4 is 11.1 Å². The number of aromatic nitrogens is 4. The van der Waals surface area contributed by atoms with Crippen molar-refractivity contribution in [3.8, 4) is 0 Å². The summed E-state index contributed by atoms with van der Waals surface area (Å²) in [5.41, 5.74) is 10.0. The summed E-state index contributed by atoms with van der Waals surface area (Å²) in [6.45, 7) is 6.88. The topological polar surface area (TPSA) is 73.7 Å². The molecule has 0 aliphatic carbocycles. The first kappa shape index (κ1) is 13.5. The predicted molar refractivity (Wildman–Crippen MR) is 77.0 cm³/mol. The second kappa shape index (κ2) is 4.95. The summed E-state index contributed by atoms with van der Waals surface area (Å²) in [6, 6.07) is 0. The molecule has 0 fully saturated rings. The van der Waals surface area contributed by atoms with E-state index in [0.717, 1.165) is 28.5 Å². The monoisotopic (exact) mass is 262 g/mol. The first-order valence-electron chi connectivity index (χ1n) is 6.45. The number of nitrogens with two attached hydrogens (primary N) is 1. The van der Waals surface area contributed by atoms with Crippen LogP contribution in [0.4, 0.5) is 11.5 Å². The molecule has 3 N–H and O–H groups in total. The highest BCUT2D eigenvalue weighted by atomic mass is 15.3. The molecule has 19 heavy (non-hydrogen) atoms. The van der Waals surface area contributed by atoms with Gasteiger partial charge in [0.15, 0.2) is 0 Å². The van der Waals surface area contributed by atoms with Gasteiger partial charge in [-0.1, -0.05) is 13.8 Å². The summed E-state index contributed by atoms with van der Waals surface area (Å²) in [6.07, 6.45) is 2.01. The molecular weight excluding hydrogens is 240 g/mol. The Morgan fingerprint density at radius 2 is 2.00 bits per heavy atom. The van der Waals surface area contributed by atoms with Gasteiger partial charge in [-0.25, -0.2) is 0 Å². The van der Waals surface area contributed by atoms with Crippen LogP contribution in [0, 0.1) is 6.92 Å². The molecule has 104 valence electrons. The molecule has 0 atom stereocenters. The van der Waals surface area contributed by atoms with E-state index < -0.39 is 0 Å². The number of aryl methyl sites for hydroxylation is 3. The van der Waals surface area contributed by atoms with Crippen LogP contribution in [0.1, 0.15) is 36.7 Å². The summed E-state index contributed by atoms with van der Waals surface area (Å²) >= 11 is 0. The van der Waals surface area contributed by atoms with Gasteiger partial charge in [-0.3, -0.25) is 9.36 Å². The van der Waals surface area contributed by atoms with Crippen molar-refractivity contribution >= 4 is 11.5 Å². The molecule has 2 aromatic rings. The molecule has 0 aliphatic rings. The fourth-order valence-electron chi connectivity index (χ4n) is 2.20. The van der Waals surface area contributed by atoms with E-state index in [1.54, 1.807) is 4.68 Å². The van der Waals surface area contributed by atoms with Crippen LogP contribution in [0.3, 0.4) is 0 Å². The van der Waals surface area contributed by atoms with Crippen LogP contribution in [0.25, 0.3) is 0 Å². The predicted octanol–water partition coefficient (Wildman–Crippen LogP) is 1.78. The van der Waals surface area contributed by atoms with Crippen molar-refractivity contribution in [2.45, 2.75) is 33.2 Å². The maximum atomic E-state index is 6.15. The van der Waals surface area contributed by atoms with Crippen molar-refractivity contribution < 1.29 is 0 Å². The van der Waals surface area contributed by atoms with E-state index in [0.29, 0.717) is 12.5 Å². The summed E-state index contributed by atoms with van der Waals surface area (Å²) in [4.78, 5) is 0. The third-order valence-corrected chi connectivity index (χ3v) is 3.22. The average Bonchev–Trinajstić information content (AvgIpc) is 2.77. The molecule has 0 unspecified atom stereocenters. The van der Waals surface area contributed by atoms with Gasteiger partial charge in [0.1, 0.15) is 5.82 Å². The van der Waals surface area contributed by atoms with Crippen molar-refractivity contribution in [2.24, 2.45) is 14.1 Å². The highest BCUT2D eigenvalue weighted by molar-refractivity contribution is 5.65. The van der Waals surface area contributed by atoms with Crippen LogP contribution in [-0.2, 0) is 20.6 Å². The van der Waals surface area contributed by atoms with Crippen molar-refractivity contribution in [3.05, 3.63) is 23.1 Å². The first-order chi connectivity index (χ1) is 8.90. The molecule has 0 saturated carbocycles. The summed E-state index contributed by atoms with van der Waals surface area (Å²) in [5, 5.41) is 12.1. The van der Waals surface area contributed by atoms with Crippen molar-refractivity contribution in [1.82, 2.24) is 19.6 Å². The normalized spacial score (nSPS) is 11.3. The number of hydrogen-bond acceptors (Lipinski definition) is 4. The van der Waals surface area contributed by atoms with Gasteiger partial charge in [0.05, 0.1) is 17.1 Å². The van der Waals surface area contributed by atoms with Crippen molar-refractivity contribution in [2.75, 3.05) is 11.1 Å². The highest BCUT2D eigenvalue weighted by Crippen LogP contribution is 2.28. The van der Waals surface area contributed by atoms with Gasteiger partial charge in [-0.15, -0.1) is 0 Å². The molecule has 0 spiro atoms.